The van der Waals surface area contributed by atoms with Crippen molar-refractivity contribution in [1.29, 1.82) is 0 Å². The van der Waals surface area contributed by atoms with Gasteiger partial charge in [0.2, 0.25) is 5.91 Å². The van der Waals surface area contributed by atoms with Gasteiger partial charge in [-0.1, -0.05) is 42.5 Å². The lowest BCUT2D eigenvalue weighted by molar-refractivity contribution is -0.177. The van der Waals surface area contributed by atoms with E-state index in [2.05, 4.69) is 17.1 Å². The van der Waals surface area contributed by atoms with Crippen LogP contribution in [0.5, 0.6) is 0 Å². The molecule has 0 aromatic heterocycles. The Hall–Kier alpha value is -3.92. The first kappa shape index (κ1) is 33.0. The van der Waals surface area contributed by atoms with E-state index in [4.69, 9.17) is 0 Å². The number of anilines is 2. The lowest BCUT2D eigenvalue weighted by atomic mass is 9.83. The Labute approximate surface area is 273 Å². The normalized spacial score (nSPS) is 22.1. The van der Waals surface area contributed by atoms with Crippen LogP contribution in [0.2, 0.25) is 0 Å². The molecule has 0 spiro atoms. The highest BCUT2D eigenvalue weighted by Gasteiger charge is 2.46. The SMILES string of the molecule is Cc1ccc(NC(=O)C2CCCN(C(=O)c3c(C)cccc3F)[C@H]2c2ccc(CN3CCCC3C(F)(F)F)cc2)cc1N1CCCC1. The summed E-state index contributed by atoms with van der Waals surface area (Å²) < 4.78 is 55.8. The molecule has 2 unspecified atom stereocenters. The van der Waals surface area contributed by atoms with Gasteiger partial charge in [0.05, 0.1) is 17.5 Å². The molecule has 250 valence electrons. The van der Waals surface area contributed by atoms with Gasteiger partial charge in [-0.05, 0) is 99.4 Å². The predicted octanol–water partition coefficient (Wildman–Crippen LogP) is 7.80. The second kappa shape index (κ2) is 13.7. The number of nitrogens with one attached hydrogen (secondary N) is 1. The molecule has 3 fully saturated rings. The van der Waals surface area contributed by atoms with Crippen molar-refractivity contribution in [2.75, 3.05) is 36.4 Å². The van der Waals surface area contributed by atoms with Gasteiger partial charge in [0.15, 0.2) is 0 Å². The minimum atomic E-state index is -4.28. The summed E-state index contributed by atoms with van der Waals surface area (Å²) in [6, 6.07) is 15.4. The highest BCUT2D eigenvalue weighted by Crippen LogP contribution is 2.40. The van der Waals surface area contributed by atoms with Crippen molar-refractivity contribution < 1.29 is 27.2 Å². The number of rotatable bonds is 7. The van der Waals surface area contributed by atoms with Crippen molar-refractivity contribution in [1.82, 2.24) is 9.80 Å². The summed E-state index contributed by atoms with van der Waals surface area (Å²) in [5.74, 6) is -1.96. The van der Waals surface area contributed by atoms with Gasteiger partial charge in [-0.15, -0.1) is 0 Å². The molecule has 6 rings (SSSR count). The molecule has 3 aromatic rings. The molecule has 3 aliphatic heterocycles. The van der Waals surface area contributed by atoms with Gasteiger partial charge >= 0.3 is 6.18 Å². The van der Waals surface area contributed by atoms with E-state index >= 15 is 4.39 Å². The third-order valence-electron chi connectivity index (χ3n) is 10.0. The summed E-state index contributed by atoms with van der Waals surface area (Å²) >= 11 is 0. The third kappa shape index (κ3) is 7.03. The maximum atomic E-state index is 15.1. The summed E-state index contributed by atoms with van der Waals surface area (Å²) in [6.45, 7) is 6.56. The Morgan fingerprint density at radius 1 is 0.851 bits per heavy atom. The van der Waals surface area contributed by atoms with E-state index in [-0.39, 0.29) is 24.4 Å². The average Bonchev–Trinajstić information content (AvgIpc) is 3.75. The second-order valence-electron chi connectivity index (χ2n) is 13.2. The first-order valence-electron chi connectivity index (χ1n) is 16.6. The molecule has 10 heteroatoms. The molecular formula is C37H42F4N4O2. The topological polar surface area (TPSA) is 55.9 Å². The van der Waals surface area contributed by atoms with E-state index in [1.807, 2.05) is 18.2 Å². The smallest absolute Gasteiger partial charge is 0.371 e. The maximum absolute atomic E-state index is 15.1. The standard InChI is InChI=1S/C37H42F4N4O2/c1-24-12-17-28(22-31(24)43-18-3-4-19-43)42-35(46)29-9-6-21-45(36(47)33-25(2)8-5-10-30(33)38)34(29)27-15-13-26(14-16-27)23-44-20-7-11-32(44)37(39,40)41/h5,8,10,12-17,22,29,32,34H,3-4,6-7,9,11,18-21,23H2,1-2H3,(H,42,46)/t29?,32?,34-/m0/s1. The van der Waals surface area contributed by atoms with Gasteiger partial charge in [-0.2, -0.15) is 13.2 Å². The largest absolute Gasteiger partial charge is 0.404 e. The van der Waals surface area contributed by atoms with Crippen LogP contribution in [-0.4, -0.2) is 60.0 Å². The van der Waals surface area contributed by atoms with Crippen LogP contribution in [0.3, 0.4) is 0 Å². The fourth-order valence-corrected chi connectivity index (χ4v) is 7.62. The number of alkyl halides is 3. The molecular weight excluding hydrogens is 608 g/mol. The molecule has 0 radical (unpaired) electrons. The Balaban J connectivity index is 1.30. The van der Waals surface area contributed by atoms with Crippen LogP contribution in [0, 0.1) is 25.6 Å². The van der Waals surface area contributed by atoms with Gasteiger partial charge in [-0.3, -0.25) is 14.5 Å². The van der Waals surface area contributed by atoms with Gasteiger partial charge in [-0.25, -0.2) is 4.39 Å². The molecule has 3 saturated heterocycles. The number of amides is 2. The Morgan fingerprint density at radius 3 is 2.28 bits per heavy atom. The molecule has 0 saturated carbocycles. The molecule has 2 amide bonds. The molecule has 3 aliphatic rings. The zero-order valence-corrected chi connectivity index (χ0v) is 27.0. The van der Waals surface area contributed by atoms with E-state index < -0.39 is 35.9 Å². The Bertz CT molecular complexity index is 1580. The number of piperidine rings is 1. The number of hydrogen-bond acceptors (Lipinski definition) is 4. The average molecular weight is 651 g/mol. The van der Waals surface area contributed by atoms with Gasteiger partial charge < -0.3 is 15.1 Å². The monoisotopic (exact) mass is 650 g/mol. The highest BCUT2D eigenvalue weighted by atomic mass is 19.4. The number of carbonyl (C=O) groups is 2. The van der Waals surface area contributed by atoms with Crippen LogP contribution in [0.15, 0.2) is 60.7 Å². The molecule has 3 atom stereocenters. The minimum absolute atomic E-state index is 0.0174. The molecule has 1 N–H and O–H groups in total. The summed E-state index contributed by atoms with van der Waals surface area (Å²) in [6.07, 6.45) is -0.355. The second-order valence-corrected chi connectivity index (χ2v) is 13.2. The predicted molar refractivity (Wildman–Crippen MR) is 175 cm³/mol. The first-order chi connectivity index (χ1) is 22.5. The lowest BCUT2D eigenvalue weighted by Crippen LogP contribution is -2.46. The maximum Gasteiger partial charge on any atom is 0.404 e. The summed E-state index contributed by atoms with van der Waals surface area (Å²) in [7, 11) is 0. The Morgan fingerprint density at radius 2 is 1.57 bits per heavy atom. The summed E-state index contributed by atoms with van der Waals surface area (Å²) in [5, 5.41) is 3.11. The van der Waals surface area contributed by atoms with Crippen LogP contribution in [-0.2, 0) is 11.3 Å². The minimum Gasteiger partial charge on any atom is -0.371 e. The molecule has 3 aromatic carbocycles. The summed E-state index contributed by atoms with van der Waals surface area (Å²) in [4.78, 5) is 33.5. The van der Waals surface area contributed by atoms with Crippen LogP contribution in [0.1, 0.15) is 77.2 Å². The van der Waals surface area contributed by atoms with Gasteiger partial charge in [0, 0.05) is 37.6 Å². The van der Waals surface area contributed by atoms with E-state index in [1.54, 1.807) is 48.2 Å². The number of likely N-dealkylation sites (tertiary alicyclic amines) is 2. The fourth-order valence-electron chi connectivity index (χ4n) is 7.62. The number of benzene rings is 3. The number of aryl methyl sites for hydroxylation is 2. The van der Waals surface area contributed by atoms with Crippen LogP contribution >= 0.6 is 0 Å². The molecule has 3 heterocycles. The highest BCUT2D eigenvalue weighted by molar-refractivity contribution is 5.98. The van der Waals surface area contributed by atoms with Crippen molar-refractivity contribution in [2.24, 2.45) is 5.92 Å². The Kier molecular flexibility index (Phi) is 9.60. The van der Waals surface area contributed by atoms with Gasteiger partial charge in [0.1, 0.15) is 11.9 Å². The number of carbonyl (C=O) groups excluding carboxylic acids is 2. The quantitative estimate of drug-likeness (QED) is 0.265. The van der Waals surface area contributed by atoms with Crippen molar-refractivity contribution in [3.8, 4) is 0 Å². The molecule has 6 nitrogen and oxygen atoms in total. The van der Waals surface area contributed by atoms with E-state index in [9.17, 15) is 22.8 Å². The van der Waals surface area contributed by atoms with Crippen LogP contribution in [0.25, 0.3) is 0 Å². The van der Waals surface area contributed by atoms with Crippen molar-refractivity contribution in [3.05, 3.63) is 94.3 Å². The molecule has 47 heavy (non-hydrogen) atoms. The van der Waals surface area contributed by atoms with Crippen LogP contribution in [0.4, 0.5) is 28.9 Å². The van der Waals surface area contributed by atoms with E-state index in [0.29, 0.717) is 49.2 Å². The van der Waals surface area contributed by atoms with Crippen molar-refractivity contribution in [2.45, 2.75) is 77.2 Å². The van der Waals surface area contributed by atoms with Crippen molar-refractivity contribution in [3.63, 3.8) is 0 Å². The zero-order chi connectivity index (χ0) is 33.3. The number of nitrogens with zero attached hydrogens (tertiary/aromatic N) is 3. The number of halogens is 4. The van der Waals surface area contributed by atoms with E-state index in [1.165, 1.54) is 11.0 Å². The molecule has 0 bridgehead atoms. The first-order valence-corrected chi connectivity index (χ1v) is 16.6. The van der Waals surface area contributed by atoms with E-state index in [0.717, 1.165) is 42.7 Å². The number of hydrogen-bond donors (Lipinski definition) is 1. The lowest BCUT2D eigenvalue weighted by Gasteiger charge is -2.41. The fraction of sp³-hybridized carbons (Fsp3) is 0.459. The van der Waals surface area contributed by atoms with Crippen molar-refractivity contribution >= 4 is 23.2 Å². The summed E-state index contributed by atoms with van der Waals surface area (Å²) in [5.41, 5.74) is 4.80. The molecule has 0 aliphatic carbocycles. The zero-order valence-electron chi connectivity index (χ0n) is 27.0. The van der Waals surface area contributed by atoms with Gasteiger partial charge in [0.25, 0.3) is 5.91 Å². The third-order valence-corrected chi connectivity index (χ3v) is 10.0. The van der Waals surface area contributed by atoms with Crippen LogP contribution < -0.4 is 10.2 Å².